The average molecular weight is 253 g/mol. The van der Waals surface area contributed by atoms with Crippen LogP contribution in [0.3, 0.4) is 0 Å². The average Bonchev–Trinajstić information content (AvgIpc) is 2.29. The fraction of sp³-hybridized carbons (Fsp3) is 0.167. The zero-order valence-electron chi connectivity index (χ0n) is 9.70. The second kappa shape index (κ2) is 5.81. The molecule has 0 saturated heterocycles. The SMILES string of the molecule is C=CCOC(=O)Nc1c(F)cc(C)cc1C(=O)O. The van der Waals surface area contributed by atoms with Crippen molar-refractivity contribution in [2.75, 3.05) is 11.9 Å². The van der Waals surface area contributed by atoms with Crippen LogP contribution in [0.1, 0.15) is 15.9 Å². The van der Waals surface area contributed by atoms with E-state index in [1.54, 1.807) is 6.92 Å². The van der Waals surface area contributed by atoms with E-state index < -0.39 is 23.6 Å². The Hall–Kier alpha value is -2.37. The number of carboxylic acid groups (broad SMARTS) is 1. The largest absolute Gasteiger partial charge is 0.478 e. The molecule has 2 N–H and O–H groups in total. The number of anilines is 1. The van der Waals surface area contributed by atoms with Gasteiger partial charge in [-0.15, -0.1) is 0 Å². The van der Waals surface area contributed by atoms with Crippen molar-refractivity contribution in [3.8, 4) is 0 Å². The first kappa shape index (κ1) is 13.7. The van der Waals surface area contributed by atoms with Crippen molar-refractivity contribution < 1.29 is 23.8 Å². The Morgan fingerprint density at radius 2 is 2.22 bits per heavy atom. The molecule has 1 rings (SSSR count). The molecule has 0 radical (unpaired) electrons. The van der Waals surface area contributed by atoms with Crippen LogP contribution in [0.15, 0.2) is 24.8 Å². The summed E-state index contributed by atoms with van der Waals surface area (Å²) in [6.45, 7) is 4.84. The molecule has 1 amide bonds. The summed E-state index contributed by atoms with van der Waals surface area (Å²) in [7, 11) is 0. The van der Waals surface area contributed by atoms with Gasteiger partial charge in [0.1, 0.15) is 12.4 Å². The minimum absolute atomic E-state index is 0.0539. The van der Waals surface area contributed by atoms with E-state index in [0.717, 1.165) is 6.07 Å². The molecule has 1 aromatic carbocycles. The third kappa shape index (κ3) is 3.31. The topological polar surface area (TPSA) is 75.6 Å². The number of aromatic carboxylic acids is 1. The summed E-state index contributed by atoms with van der Waals surface area (Å²) in [5.41, 5.74) is -0.305. The Labute approximate surface area is 103 Å². The summed E-state index contributed by atoms with van der Waals surface area (Å²) in [5.74, 6) is -2.17. The van der Waals surface area contributed by atoms with Crippen LogP contribution in [0, 0.1) is 12.7 Å². The summed E-state index contributed by atoms with van der Waals surface area (Å²) >= 11 is 0. The van der Waals surface area contributed by atoms with Crippen LogP contribution >= 0.6 is 0 Å². The number of ether oxygens (including phenoxy) is 1. The van der Waals surface area contributed by atoms with Gasteiger partial charge in [-0.05, 0) is 24.6 Å². The van der Waals surface area contributed by atoms with E-state index in [9.17, 15) is 14.0 Å². The van der Waals surface area contributed by atoms with Crippen LogP contribution in [0.5, 0.6) is 0 Å². The first-order chi connectivity index (χ1) is 8.45. The smallest absolute Gasteiger partial charge is 0.412 e. The number of amides is 1. The predicted octanol–water partition coefficient (Wildman–Crippen LogP) is 2.57. The van der Waals surface area contributed by atoms with Crippen molar-refractivity contribution in [3.63, 3.8) is 0 Å². The van der Waals surface area contributed by atoms with Gasteiger partial charge in [-0.3, -0.25) is 5.32 Å². The number of carbonyl (C=O) groups is 2. The fourth-order valence-corrected chi connectivity index (χ4v) is 1.31. The lowest BCUT2D eigenvalue weighted by Gasteiger charge is -2.10. The molecule has 0 aromatic heterocycles. The number of rotatable bonds is 4. The zero-order valence-corrected chi connectivity index (χ0v) is 9.70. The minimum Gasteiger partial charge on any atom is -0.478 e. The zero-order chi connectivity index (χ0) is 13.7. The highest BCUT2D eigenvalue weighted by atomic mass is 19.1. The Morgan fingerprint density at radius 1 is 1.56 bits per heavy atom. The summed E-state index contributed by atoms with van der Waals surface area (Å²) < 4.78 is 18.2. The third-order valence-electron chi connectivity index (χ3n) is 2.02. The number of nitrogens with one attached hydrogen (secondary N) is 1. The Bertz CT molecular complexity index is 499. The third-order valence-corrected chi connectivity index (χ3v) is 2.02. The molecule has 0 aliphatic heterocycles. The van der Waals surface area contributed by atoms with Gasteiger partial charge in [-0.1, -0.05) is 12.7 Å². The Kier molecular flexibility index (Phi) is 4.42. The van der Waals surface area contributed by atoms with E-state index in [4.69, 9.17) is 5.11 Å². The van der Waals surface area contributed by atoms with Crippen molar-refractivity contribution >= 4 is 17.7 Å². The quantitative estimate of drug-likeness (QED) is 0.808. The van der Waals surface area contributed by atoms with Crippen LogP contribution in [0.4, 0.5) is 14.9 Å². The minimum atomic E-state index is -1.34. The van der Waals surface area contributed by atoms with Gasteiger partial charge in [0.05, 0.1) is 11.3 Å². The van der Waals surface area contributed by atoms with Gasteiger partial charge in [-0.2, -0.15) is 0 Å². The van der Waals surface area contributed by atoms with E-state index in [1.807, 2.05) is 0 Å². The lowest BCUT2D eigenvalue weighted by Crippen LogP contribution is -2.17. The molecule has 5 nitrogen and oxygen atoms in total. The summed E-state index contributed by atoms with van der Waals surface area (Å²) in [6, 6.07) is 2.38. The molecule has 0 fully saturated rings. The molecule has 0 aliphatic rings. The number of halogens is 1. The molecule has 1 aromatic rings. The van der Waals surface area contributed by atoms with Gasteiger partial charge >= 0.3 is 12.1 Å². The van der Waals surface area contributed by atoms with E-state index >= 15 is 0 Å². The first-order valence-electron chi connectivity index (χ1n) is 5.03. The monoisotopic (exact) mass is 253 g/mol. The van der Waals surface area contributed by atoms with Gasteiger partial charge in [-0.25, -0.2) is 14.0 Å². The predicted molar refractivity (Wildman–Crippen MR) is 63.3 cm³/mol. The lowest BCUT2D eigenvalue weighted by atomic mass is 10.1. The number of aryl methyl sites for hydroxylation is 1. The maximum atomic E-state index is 13.6. The van der Waals surface area contributed by atoms with Crippen LogP contribution in [-0.2, 0) is 4.74 Å². The molecule has 0 aliphatic carbocycles. The summed E-state index contributed by atoms with van der Waals surface area (Å²) in [5, 5.41) is 11.0. The highest BCUT2D eigenvalue weighted by Crippen LogP contribution is 2.22. The van der Waals surface area contributed by atoms with E-state index in [-0.39, 0.29) is 12.2 Å². The number of carboxylic acids is 1. The van der Waals surface area contributed by atoms with Crippen molar-refractivity contribution in [3.05, 3.63) is 41.7 Å². The van der Waals surface area contributed by atoms with Crippen molar-refractivity contribution in [2.45, 2.75) is 6.92 Å². The molecule has 0 heterocycles. The normalized spacial score (nSPS) is 9.67. The summed E-state index contributed by atoms with van der Waals surface area (Å²) in [6.07, 6.45) is 0.392. The molecule has 18 heavy (non-hydrogen) atoms. The van der Waals surface area contributed by atoms with Crippen molar-refractivity contribution in [2.24, 2.45) is 0 Å². The molecule has 0 unspecified atom stereocenters. The van der Waals surface area contributed by atoms with Gasteiger partial charge in [0.2, 0.25) is 0 Å². The van der Waals surface area contributed by atoms with Gasteiger partial charge in [0.15, 0.2) is 0 Å². The van der Waals surface area contributed by atoms with E-state index in [2.05, 4.69) is 16.6 Å². The van der Waals surface area contributed by atoms with E-state index in [1.165, 1.54) is 12.1 Å². The standard InChI is InChI=1S/C12H12FNO4/c1-3-4-18-12(17)14-10-8(11(15)16)5-7(2)6-9(10)13/h3,5-6H,1,4H2,2H3,(H,14,17)(H,15,16). The van der Waals surface area contributed by atoms with Crippen molar-refractivity contribution in [1.82, 2.24) is 0 Å². The molecule has 6 heteroatoms. The molecular formula is C12H12FNO4. The maximum Gasteiger partial charge on any atom is 0.412 e. The summed E-state index contributed by atoms with van der Waals surface area (Å²) in [4.78, 5) is 22.2. The second-order valence-electron chi connectivity index (χ2n) is 3.49. The molecule has 96 valence electrons. The number of carbonyl (C=O) groups excluding carboxylic acids is 1. The molecule has 0 bridgehead atoms. The Balaban J connectivity index is 3.03. The van der Waals surface area contributed by atoms with Crippen LogP contribution in [0.2, 0.25) is 0 Å². The highest BCUT2D eigenvalue weighted by Gasteiger charge is 2.18. The number of hydrogen-bond acceptors (Lipinski definition) is 3. The number of benzene rings is 1. The second-order valence-corrected chi connectivity index (χ2v) is 3.49. The fourth-order valence-electron chi connectivity index (χ4n) is 1.31. The highest BCUT2D eigenvalue weighted by molar-refractivity contribution is 5.99. The molecule has 0 spiro atoms. The van der Waals surface area contributed by atoms with Gasteiger partial charge in [0, 0.05) is 0 Å². The molecular weight excluding hydrogens is 241 g/mol. The Morgan fingerprint density at radius 3 is 2.78 bits per heavy atom. The van der Waals surface area contributed by atoms with Crippen molar-refractivity contribution in [1.29, 1.82) is 0 Å². The van der Waals surface area contributed by atoms with Crippen LogP contribution in [0.25, 0.3) is 0 Å². The van der Waals surface area contributed by atoms with Crippen LogP contribution in [-0.4, -0.2) is 23.8 Å². The lowest BCUT2D eigenvalue weighted by molar-refractivity contribution is 0.0697. The van der Waals surface area contributed by atoms with Gasteiger partial charge in [0.25, 0.3) is 0 Å². The van der Waals surface area contributed by atoms with Crippen LogP contribution < -0.4 is 5.32 Å². The molecule has 0 saturated carbocycles. The van der Waals surface area contributed by atoms with Gasteiger partial charge < -0.3 is 9.84 Å². The molecule has 0 atom stereocenters. The first-order valence-corrected chi connectivity index (χ1v) is 5.03. The number of hydrogen-bond donors (Lipinski definition) is 2. The van der Waals surface area contributed by atoms with E-state index in [0.29, 0.717) is 5.56 Å². The maximum absolute atomic E-state index is 13.6.